The molecule has 1 nitrogen and oxygen atoms in total. The van der Waals surface area contributed by atoms with Crippen LogP contribution in [-0.2, 0) is 4.79 Å². The highest BCUT2D eigenvalue weighted by molar-refractivity contribution is 5.69. The number of benzene rings is 2. The molecule has 0 aliphatic heterocycles. The lowest BCUT2D eigenvalue weighted by Crippen LogP contribution is -2.04. The first-order valence-electron chi connectivity index (χ1n) is 6.61. The minimum Gasteiger partial charge on any atom is -0.302 e. The summed E-state index contributed by atoms with van der Waals surface area (Å²) in [6.07, 6.45) is 1.04. The number of carbonyl (C=O) groups is 1. The Balaban J connectivity index is 2.52. The molecule has 0 unspecified atom stereocenters. The minimum absolute atomic E-state index is 0.169. The summed E-state index contributed by atoms with van der Waals surface area (Å²) in [7, 11) is 0. The Kier molecular flexibility index (Phi) is 3.84. The molecule has 0 aliphatic rings. The van der Waals surface area contributed by atoms with Gasteiger partial charge in [-0.3, -0.25) is 0 Å². The second-order valence-electron chi connectivity index (χ2n) is 5.46. The smallest absolute Gasteiger partial charge is 0.131 e. The molecular formula is C18H20O. The highest BCUT2D eigenvalue weighted by Crippen LogP contribution is 2.26. The molecule has 98 valence electrons. The molecule has 2 aromatic rings. The first kappa shape index (κ1) is 13.5. The largest absolute Gasteiger partial charge is 0.302 e. The lowest BCUT2D eigenvalue weighted by molar-refractivity contribution is -0.108. The molecule has 0 amide bonds. The standard InChI is InChI=1S/C18H20O/c1-12-5-13(2)8-16(7-12)18(11-19)17-9-14(3)6-15(4)10-17/h5-11,18H,1-4H3. The lowest BCUT2D eigenvalue weighted by atomic mass is 9.89. The molecule has 0 aromatic heterocycles. The van der Waals surface area contributed by atoms with Crippen LogP contribution in [0.1, 0.15) is 39.3 Å². The maximum absolute atomic E-state index is 11.6. The number of carbonyl (C=O) groups excluding carboxylic acids is 1. The SMILES string of the molecule is Cc1cc(C)cc(C(C=O)c2cc(C)cc(C)c2)c1. The summed E-state index contributed by atoms with van der Waals surface area (Å²) in [5.74, 6) is -0.169. The topological polar surface area (TPSA) is 17.1 Å². The van der Waals surface area contributed by atoms with Gasteiger partial charge in [-0.25, -0.2) is 0 Å². The third-order valence-corrected chi connectivity index (χ3v) is 3.34. The van der Waals surface area contributed by atoms with Crippen LogP contribution in [0.4, 0.5) is 0 Å². The monoisotopic (exact) mass is 252 g/mol. The van der Waals surface area contributed by atoms with Gasteiger partial charge in [0.05, 0.1) is 5.92 Å². The van der Waals surface area contributed by atoms with Crippen LogP contribution < -0.4 is 0 Å². The van der Waals surface area contributed by atoms with E-state index in [1.54, 1.807) is 0 Å². The zero-order chi connectivity index (χ0) is 14.0. The average molecular weight is 252 g/mol. The van der Waals surface area contributed by atoms with Crippen molar-refractivity contribution in [2.24, 2.45) is 0 Å². The van der Waals surface area contributed by atoms with Crippen molar-refractivity contribution in [3.63, 3.8) is 0 Å². The molecule has 0 heterocycles. The van der Waals surface area contributed by atoms with E-state index in [4.69, 9.17) is 0 Å². The Morgan fingerprint density at radius 3 is 1.26 bits per heavy atom. The van der Waals surface area contributed by atoms with E-state index in [2.05, 4.69) is 64.1 Å². The van der Waals surface area contributed by atoms with Crippen LogP contribution in [0, 0.1) is 27.7 Å². The average Bonchev–Trinajstić information content (AvgIpc) is 2.27. The third kappa shape index (κ3) is 3.11. The molecule has 1 heteroatoms. The van der Waals surface area contributed by atoms with Crippen LogP contribution >= 0.6 is 0 Å². The molecule has 0 aliphatic carbocycles. The zero-order valence-electron chi connectivity index (χ0n) is 12.0. The van der Waals surface area contributed by atoms with Gasteiger partial charge in [0.2, 0.25) is 0 Å². The third-order valence-electron chi connectivity index (χ3n) is 3.34. The van der Waals surface area contributed by atoms with E-state index in [9.17, 15) is 4.79 Å². The zero-order valence-corrected chi connectivity index (χ0v) is 12.0. The van der Waals surface area contributed by atoms with Gasteiger partial charge in [-0.2, -0.15) is 0 Å². The molecular weight excluding hydrogens is 232 g/mol. The maximum Gasteiger partial charge on any atom is 0.131 e. The molecule has 19 heavy (non-hydrogen) atoms. The summed E-state index contributed by atoms with van der Waals surface area (Å²) in [5.41, 5.74) is 6.96. The van der Waals surface area contributed by atoms with Crippen LogP contribution in [0.2, 0.25) is 0 Å². The molecule has 0 atom stereocenters. The summed E-state index contributed by atoms with van der Waals surface area (Å²) < 4.78 is 0. The Morgan fingerprint density at radius 1 is 0.684 bits per heavy atom. The van der Waals surface area contributed by atoms with Gasteiger partial charge < -0.3 is 4.79 Å². The molecule has 0 bridgehead atoms. The van der Waals surface area contributed by atoms with Crippen LogP contribution in [0.15, 0.2) is 36.4 Å². The van der Waals surface area contributed by atoms with Crippen molar-refractivity contribution in [3.8, 4) is 0 Å². The maximum atomic E-state index is 11.6. The van der Waals surface area contributed by atoms with Crippen molar-refractivity contribution in [1.82, 2.24) is 0 Å². The van der Waals surface area contributed by atoms with Crippen molar-refractivity contribution in [2.75, 3.05) is 0 Å². The van der Waals surface area contributed by atoms with Crippen molar-refractivity contribution in [3.05, 3.63) is 69.8 Å². The summed E-state index contributed by atoms with van der Waals surface area (Å²) in [5, 5.41) is 0. The van der Waals surface area contributed by atoms with Crippen LogP contribution in [-0.4, -0.2) is 6.29 Å². The molecule has 2 aromatic carbocycles. The Bertz CT molecular complexity index is 519. The minimum atomic E-state index is -0.169. The van der Waals surface area contributed by atoms with Crippen molar-refractivity contribution < 1.29 is 4.79 Å². The van der Waals surface area contributed by atoms with E-state index < -0.39 is 0 Å². The molecule has 2 rings (SSSR count). The van der Waals surface area contributed by atoms with E-state index in [-0.39, 0.29) is 5.92 Å². The van der Waals surface area contributed by atoms with Gasteiger partial charge in [-0.1, -0.05) is 58.7 Å². The van der Waals surface area contributed by atoms with Gasteiger partial charge in [0.25, 0.3) is 0 Å². The number of hydrogen-bond acceptors (Lipinski definition) is 1. The van der Waals surface area contributed by atoms with Gasteiger partial charge in [0, 0.05) is 0 Å². The molecule has 0 spiro atoms. The van der Waals surface area contributed by atoms with Crippen LogP contribution in [0.5, 0.6) is 0 Å². The Labute approximate surface area is 115 Å². The van der Waals surface area contributed by atoms with Crippen molar-refractivity contribution >= 4 is 6.29 Å². The summed E-state index contributed by atoms with van der Waals surface area (Å²) in [6, 6.07) is 12.7. The Morgan fingerprint density at radius 2 is 1.00 bits per heavy atom. The van der Waals surface area contributed by atoms with Gasteiger partial charge in [-0.05, 0) is 38.8 Å². The van der Waals surface area contributed by atoms with Gasteiger partial charge in [-0.15, -0.1) is 0 Å². The van der Waals surface area contributed by atoms with E-state index in [1.807, 2.05) is 0 Å². The van der Waals surface area contributed by atoms with Crippen molar-refractivity contribution in [1.29, 1.82) is 0 Å². The molecule has 0 saturated carbocycles. The first-order chi connectivity index (χ1) is 8.99. The Hall–Kier alpha value is -1.89. The lowest BCUT2D eigenvalue weighted by Gasteiger charge is -2.14. The van der Waals surface area contributed by atoms with Crippen LogP contribution in [0.3, 0.4) is 0 Å². The van der Waals surface area contributed by atoms with E-state index in [1.165, 1.54) is 22.3 Å². The van der Waals surface area contributed by atoms with E-state index in [0.29, 0.717) is 0 Å². The number of rotatable bonds is 3. The number of hydrogen-bond donors (Lipinski definition) is 0. The number of aryl methyl sites for hydroxylation is 4. The molecule has 0 N–H and O–H groups in total. The summed E-state index contributed by atoms with van der Waals surface area (Å²) in [6.45, 7) is 8.28. The molecule has 0 radical (unpaired) electrons. The van der Waals surface area contributed by atoms with Crippen molar-refractivity contribution in [2.45, 2.75) is 33.6 Å². The predicted molar refractivity (Wildman–Crippen MR) is 79.7 cm³/mol. The van der Waals surface area contributed by atoms with E-state index >= 15 is 0 Å². The van der Waals surface area contributed by atoms with Crippen LogP contribution in [0.25, 0.3) is 0 Å². The van der Waals surface area contributed by atoms with Gasteiger partial charge in [0.1, 0.15) is 6.29 Å². The fourth-order valence-corrected chi connectivity index (χ4v) is 2.73. The number of aldehydes is 1. The summed E-state index contributed by atoms with van der Waals surface area (Å²) >= 11 is 0. The highest BCUT2D eigenvalue weighted by atomic mass is 16.1. The van der Waals surface area contributed by atoms with Gasteiger partial charge in [0.15, 0.2) is 0 Å². The quantitative estimate of drug-likeness (QED) is 0.746. The van der Waals surface area contributed by atoms with E-state index in [0.717, 1.165) is 17.4 Å². The molecule has 0 saturated heterocycles. The first-order valence-corrected chi connectivity index (χ1v) is 6.61. The fourth-order valence-electron chi connectivity index (χ4n) is 2.73. The summed E-state index contributed by atoms with van der Waals surface area (Å²) in [4.78, 5) is 11.6. The fraction of sp³-hybridized carbons (Fsp3) is 0.278. The second kappa shape index (κ2) is 5.40. The normalized spacial score (nSPS) is 10.8. The molecule has 0 fully saturated rings. The highest BCUT2D eigenvalue weighted by Gasteiger charge is 2.14. The van der Waals surface area contributed by atoms with Gasteiger partial charge >= 0.3 is 0 Å². The predicted octanol–water partition coefficient (Wildman–Crippen LogP) is 4.25. The second-order valence-corrected chi connectivity index (χ2v) is 5.46.